The molecule has 4 nitrogen and oxygen atoms in total. The minimum Gasteiger partial charge on any atom is -0.493 e. The van der Waals surface area contributed by atoms with Gasteiger partial charge >= 0.3 is 5.97 Å². The summed E-state index contributed by atoms with van der Waals surface area (Å²) in [6.45, 7) is 4.07. The predicted molar refractivity (Wildman–Crippen MR) is 97.0 cm³/mol. The van der Waals surface area contributed by atoms with Crippen molar-refractivity contribution in [1.29, 1.82) is 0 Å². The zero-order valence-corrected chi connectivity index (χ0v) is 15.5. The Morgan fingerprint density at radius 3 is 2.43 bits per heavy atom. The normalized spacial score (nSPS) is 10.5. The number of hydrogen-bond donors (Lipinski definition) is 0. The Labute approximate surface area is 149 Å². The maximum absolute atomic E-state index is 12.1. The molecule has 23 heavy (non-hydrogen) atoms. The van der Waals surface area contributed by atoms with Gasteiger partial charge in [-0.25, -0.2) is 4.79 Å². The Morgan fingerprint density at radius 2 is 1.83 bits per heavy atom. The highest BCUT2D eigenvalue weighted by atomic mass is 127. The third-order valence-electron chi connectivity index (χ3n) is 3.05. The lowest BCUT2D eigenvalue weighted by Gasteiger charge is -2.14. The summed E-state index contributed by atoms with van der Waals surface area (Å²) in [5.74, 6) is 0.746. The molecule has 0 amide bonds. The minimum atomic E-state index is -0.364. The van der Waals surface area contributed by atoms with E-state index in [4.69, 9.17) is 14.2 Å². The summed E-state index contributed by atoms with van der Waals surface area (Å²) in [6.07, 6.45) is -0.168. The standard InChI is InChI=1S/C18H19IO4/c1-12(2)23-18(20)14-9-16(21-3)17(10-15(14)19)22-11-13-7-5-4-6-8-13/h4-10,12H,11H2,1-3H3. The van der Waals surface area contributed by atoms with E-state index < -0.39 is 0 Å². The van der Waals surface area contributed by atoms with Gasteiger partial charge in [0.05, 0.1) is 18.8 Å². The van der Waals surface area contributed by atoms with Gasteiger partial charge in [-0.1, -0.05) is 30.3 Å². The van der Waals surface area contributed by atoms with E-state index in [2.05, 4.69) is 22.6 Å². The molecular weight excluding hydrogens is 407 g/mol. The Morgan fingerprint density at radius 1 is 1.13 bits per heavy atom. The SMILES string of the molecule is COc1cc(C(=O)OC(C)C)c(I)cc1OCc1ccccc1. The Kier molecular flexibility index (Phi) is 6.27. The summed E-state index contributed by atoms with van der Waals surface area (Å²) in [4.78, 5) is 12.1. The number of benzene rings is 2. The van der Waals surface area contributed by atoms with Crippen molar-refractivity contribution in [2.24, 2.45) is 0 Å². The van der Waals surface area contributed by atoms with Crippen LogP contribution in [0.5, 0.6) is 11.5 Å². The van der Waals surface area contributed by atoms with Crippen LogP contribution >= 0.6 is 22.6 Å². The van der Waals surface area contributed by atoms with Gasteiger partial charge in [0.25, 0.3) is 0 Å². The van der Waals surface area contributed by atoms with Gasteiger partial charge in [0.15, 0.2) is 11.5 Å². The molecule has 0 unspecified atom stereocenters. The first kappa shape index (κ1) is 17.6. The molecule has 0 aliphatic heterocycles. The van der Waals surface area contributed by atoms with E-state index in [1.807, 2.05) is 44.2 Å². The zero-order chi connectivity index (χ0) is 16.8. The first-order chi connectivity index (χ1) is 11.0. The van der Waals surface area contributed by atoms with Gasteiger partial charge in [-0.15, -0.1) is 0 Å². The fourth-order valence-electron chi connectivity index (χ4n) is 1.98. The lowest BCUT2D eigenvalue weighted by molar-refractivity contribution is 0.0376. The number of methoxy groups -OCH3 is 1. The summed E-state index contributed by atoms with van der Waals surface area (Å²) in [7, 11) is 1.55. The van der Waals surface area contributed by atoms with Gasteiger partial charge in [-0.05, 0) is 54.1 Å². The van der Waals surface area contributed by atoms with Crippen LogP contribution in [0.3, 0.4) is 0 Å². The Hall–Kier alpha value is -1.76. The van der Waals surface area contributed by atoms with Gasteiger partial charge in [-0.3, -0.25) is 0 Å². The van der Waals surface area contributed by atoms with Crippen LogP contribution in [0.1, 0.15) is 29.8 Å². The molecule has 0 saturated carbocycles. The molecule has 0 fully saturated rings. The molecule has 0 N–H and O–H groups in total. The van der Waals surface area contributed by atoms with Crippen LogP contribution in [-0.2, 0) is 11.3 Å². The predicted octanol–water partition coefficient (Wildman–Crippen LogP) is 4.44. The van der Waals surface area contributed by atoms with Crippen LogP contribution in [0.4, 0.5) is 0 Å². The van der Waals surface area contributed by atoms with E-state index in [1.54, 1.807) is 19.2 Å². The van der Waals surface area contributed by atoms with Crippen molar-refractivity contribution in [2.75, 3.05) is 7.11 Å². The molecule has 2 rings (SSSR count). The van der Waals surface area contributed by atoms with E-state index in [-0.39, 0.29) is 12.1 Å². The highest BCUT2D eigenvalue weighted by Gasteiger charge is 2.18. The van der Waals surface area contributed by atoms with E-state index >= 15 is 0 Å². The van der Waals surface area contributed by atoms with E-state index in [0.717, 1.165) is 9.13 Å². The fraction of sp³-hybridized carbons (Fsp3) is 0.278. The topological polar surface area (TPSA) is 44.8 Å². The molecule has 0 spiro atoms. The van der Waals surface area contributed by atoms with E-state index in [9.17, 15) is 4.79 Å². The number of halogens is 1. The first-order valence-corrected chi connectivity index (χ1v) is 8.34. The number of carbonyl (C=O) groups excluding carboxylic acids is 1. The second-order valence-corrected chi connectivity index (χ2v) is 6.37. The quantitative estimate of drug-likeness (QED) is 0.506. The van der Waals surface area contributed by atoms with Crippen LogP contribution in [-0.4, -0.2) is 19.2 Å². The minimum absolute atomic E-state index is 0.168. The number of carbonyl (C=O) groups is 1. The maximum atomic E-state index is 12.1. The van der Waals surface area contributed by atoms with Crippen molar-refractivity contribution in [3.8, 4) is 11.5 Å². The second kappa shape index (κ2) is 8.19. The number of esters is 1. The van der Waals surface area contributed by atoms with Crippen molar-refractivity contribution in [3.63, 3.8) is 0 Å². The van der Waals surface area contributed by atoms with Crippen LogP contribution in [0.15, 0.2) is 42.5 Å². The van der Waals surface area contributed by atoms with Gasteiger partial charge in [-0.2, -0.15) is 0 Å². The first-order valence-electron chi connectivity index (χ1n) is 7.26. The summed E-state index contributed by atoms with van der Waals surface area (Å²) in [5, 5.41) is 0. The maximum Gasteiger partial charge on any atom is 0.339 e. The van der Waals surface area contributed by atoms with Gasteiger partial charge in [0.1, 0.15) is 6.61 Å². The molecule has 0 saturated heterocycles. The lowest BCUT2D eigenvalue weighted by atomic mass is 10.2. The summed E-state index contributed by atoms with van der Waals surface area (Å²) in [6, 6.07) is 13.3. The molecule has 0 radical (unpaired) electrons. The van der Waals surface area contributed by atoms with Gasteiger partial charge in [0.2, 0.25) is 0 Å². The van der Waals surface area contributed by atoms with E-state index in [0.29, 0.717) is 23.7 Å². The Bertz CT molecular complexity index is 668. The highest BCUT2D eigenvalue weighted by molar-refractivity contribution is 14.1. The molecule has 2 aromatic carbocycles. The number of rotatable bonds is 6. The summed E-state index contributed by atoms with van der Waals surface area (Å²) >= 11 is 2.10. The third kappa shape index (κ3) is 4.86. The Balaban J connectivity index is 2.20. The van der Waals surface area contributed by atoms with Crippen LogP contribution in [0.25, 0.3) is 0 Å². The zero-order valence-electron chi connectivity index (χ0n) is 13.3. The average Bonchev–Trinajstić information content (AvgIpc) is 2.53. The molecule has 0 bridgehead atoms. The van der Waals surface area contributed by atoms with Crippen LogP contribution < -0.4 is 9.47 Å². The van der Waals surface area contributed by atoms with Crippen LogP contribution in [0.2, 0.25) is 0 Å². The monoisotopic (exact) mass is 426 g/mol. The average molecular weight is 426 g/mol. The number of hydrogen-bond acceptors (Lipinski definition) is 4. The van der Waals surface area contributed by atoms with Crippen molar-refractivity contribution >= 4 is 28.6 Å². The second-order valence-electron chi connectivity index (χ2n) is 5.21. The third-order valence-corrected chi connectivity index (χ3v) is 3.95. The van der Waals surface area contributed by atoms with E-state index in [1.165, 1.54) is 0 Å². The van der Waals surface area contributed by atoms with Crippen molar-refractivity contribution in [3.05, 3.63) is 57.2 Å². The molecule has 0 aliphatic carbocycles. The molecule has 122 valence electrons. The molecule has 5 heteroatoms. The van der Waals surface area contributed by atoms with Crippen LogP contribution in [0, 0.1) is 3.57 Å². The van der Waals surface area contributed by atoms with Crippen molar-refractivity contribution in [1.82, 2.24) is 0 Å². The molecular formula is C18H19IO4. The van der Waals surface area contributed by atoms with Crippen molar-refractivity contribution < 1.29 is 19.0 Å². The highest BCUT2D eigenvalue weighted by Crippen LogP contribution is 2.32. The lowest BCUT2D eigenvalue weighted by Crippen LogP contribution is -2.13. The summed E-state index contributed by atoms with van der Waals surface area (Å²) < 4.78 is 17.2. The summed E-state index contributed by atoms with van der Waals surface area (Å²) in [5.41, 5.74) is 1.54. The molecule has 2 aromatic rings. The van der Waals surface area contributed by atoms with Gasteiger partial charge < -0.3 is 14.2 Å². The van der Waals surface area contributed by atoms with Crippen molar-refractivity contribution in [2.45, 2.75) is 26.6 Å². The molecule has 0 aliphatic rings. The number of ether oxygens (including phenoxy) is 3. The fourth-order valence-corrected chi connectivity index (χ4v) is 2.64. The molecule has 0 aromatic heterocycles. The molecule has 0 heterocycles. The largest absolute Gasteiger partial charge is 0.493 e. The smallest absolute Gasteiger partial charge is 0.339 e. The molecule has 0 atom stereocenters. The van der Waals surface area contributed by atoms with Gasteiger partial charge in [0, 0.05) is 3.57 Å².